The fraction of sp³-hybridized carbons (Fsp3) is 1.00. The van der Waals surface area contributed by atoms with Gasteiger partial charge in [0.25, 0.3) is 0 Å². The van der Waals surface area contributed by atoms with E-state index in [1.807, 2.05) is 0 Å². The molecule has 10 heavy (non-hydrogen) atoms. The van der Waals surface area contributed by atoms with E-state index < -0.39 is 0 Å². The molecular weight excluding hydrogens is 119 g/mol. The molecule has 0 amide bonds. The Morgan fingerprint density at radius 3 is 1.70 bits per heavy atom. The van der Waals surface area contributed by atoms with Crippen LogP contribution < -0.4 is 0 Å². The van der Waals surface area contributed by atoms with E-state index in [1.165, 1.54) is 0 Å². The first-order valence-electron chi connectivity index (χ1n) is 4.79. The van der Waals surface area contributed by atoms with Gasteiger partial charge in [-0.3, -0.25) is 0 Å². The van der Waals surface area contributed by atoms with Crippen molar-refractivity contribution in [3.63, 3.8) is 0 Å². The molecule has 2 rings (SSSR count). The lowest BCUT2D eigenvalue weighted by molar-refractivity contribution is 0.394. The summed E-state index contributed by atoms with van der Waals surface area (Å²) in [7, 11) is 2.40. The second kappa shape index (κ2) is 2.28. The lowest BCUT2D eigenvalue weighted by atomic mass is 9.73. The standard InChI is InChI=1S/C9H17B/c1-6(10)9-7-2-3-8(9)5-4-7/h6-9H,2-5,10H2,1H3. The fourth-order valence-corrected chi connectivity index (χ4v) is 3.39. The largest absolute Gasteiger partial charge is 0.105 e. The molecule has 0 aliphatic heterocycles. The topological polar surface area (TPSA) is 0 Å². The first-order valence-corrected chi connectivity index (χ1v) is 4.79. The third-order valence-electron chi connectivity index (χ3n) is 3.67. The van der Waals surface area contributed by atoms with Crippen molar-refractivity contribution in [3.05, 3.63) is 0 Å². The van der Waals surface area contributed by atoms with Gasteiger partial charge in [-0.15, -0.1) is 0 Å². The van der Waals surface area contributed by atoms with E-state index in [9.17, 15) is 0 Å². The van der Waals surface area contributed by atoms with Crippen LogP contribution in [-0.4, -0.2) is 7.85 Å². The molecule has 1 heteroatoms. The van der Waals surface area contributed by atoms with E-state index in [2.05, 4.69) is 14.8 Å². The first kappa shape index (κ1) is 6.76. The van der Waals surface area contributed by atoms with Gasteiger partial charge >= 0.3 is 0 Å². The summed E-state index contributed by atoms with van der Waals surface area (Å²) in [5.41, 5.74) is 0. The molecule has 2 aliphatic carbocycles. The molecule has 0 radical (unpaired) electrons. The fourth-order valence-electron chi connectivity index (χ4n) is 3.39. The van der Waals surface area contributed by atoms with E-state index in [-0.39, 0.29) is 0 Å². The van der Waals surface area contributed by atoms with Crippen LogP contribution >= 0.6 is 0 Å². The zero-order valence-electron chi connectivity index (χ0n) is 7.14. The van der Waals surface area contributed by atoms with E-state index >= 15 is 0 Å². The Labute approximate surface area is 64.8 Å². The van der Waals surface area contributed by atoms with Crippen LogP contribution in [0, 0.1) is 17.8 Å². The van der Waals surface area contributed by atoms with Crippen molar-refractivity contribution in [2.24, 2.45) is 17.8 Å². The third-order valence-corrected chi connectivity index (χ3v) is 3.67. The molecule has 2 aliphatic rings. The highest BCUT2D eigenvalue weighted by Crippen LogP contribution is 2.53. The second-order valence-corrected chi connectivity index (χ2v) is 4.50. The van der Waals surface area contributed by atoms with Gasteiger partial charge in [0, 0.05) is 0 Å². The Hall–Kier alpha value is 0.0649. The Morgan fingerprint density at radius 2 is 1.50 bits per heavy atom. The lowest BCUT2D eigenvalue weighted by Gasteiger charge is -2.19. The van der Waals surface area contributed by atoms with Crippen molar-refractivity contribution in [1.82, 2.24) is 0 Å². The van der Waals surface area contributed by atoms with Crippen LogP contribution in [0.5, 0.6) is 0 Å². The number of hydrogen-bond donors (Lipinski definition) is 0. The van der Waals surface area contributed by atoms with Gasteiger partial charge in [0.15, 0.2) is 0 Å². The molecule has 0 aromatic rings. The maximum Gasteiger partial charge on any atom is 0.105 e. The zero-order chi connectivity index (χ0) is 7.14. The minimum Gasteiger partial charge on any atom is -0.0694 e. The van der Waals surface area contributed by atoms with Crippen molar-refractivity contribution < 1.29 is 0 Å². The molecule has 1 atom stereocenters. The Balaban J connectivity index is 2.09. The minimum atomic E-state index is 0.958. The summed E-state index contributed by atoms with van der Waals surface area (Å²) in [4.78, 5) is 0. The van der Waals surface area contributed by atoms with Crippen molar-refractivity contribution in [2.45, 2.75) is 38.4 Å². The normalized spacial score (nSPS) is 47.9. The van der Waals surface area contributed by atoms with Crippen LogP contribution in [0.3, 0.4) is 0 Å². The zero-order valence-corrected chi connectivity index (χ0v) is 7.14. The third kappa shape index (κ3) is 0.827. The minimum absolute atomic E-state index is 0.958. The highest BCUT2D eigenvalue weighted by Gasteiger charge is 2.42. The van der Waals surface area contributed by atoms with Gasteiger partial charge < -0.3 is 0 Å². The maximum absolute atomic E-state index is 2.40. The van der Waals surface area contributed by atoms with Crippen molar-refractivity contribution in [2.75, 3.05) is 0 Å². The quantitative estimate of drug-likeness (QED) is 0.482. The highest BCUT2D eigenvalue weighted by atomic mass is 14.5. The average Bonchev–Trinajstić information content (AvgIpc) is 2.43. The Morgan fingerprint density at radius 1 is 1.10 bits per heavy atom. The molecule has 2 saturated carbocycles. The highest BCUT2D eigenvalue weighted by molar-refractivity contribution is 6.11. The summed E-state index contributed by atoms with van der Waals surface area (Å²) in [6.07, 6.45) is 6.20. The summed E-state index contributed by atoms with van der Waals surface area (Å²) in [5, 5.41) is 0. The van der Waals surface area contributed by atoms with E-state index in [4.69, 9.17) is 0 Å². The second-order valence-electron chi connectivity index (χ2n) is 4.50. The van der Waals surface area contributed by atoms with E-state index in [0.717, 1.165) is 23.6 Å². The average molecular weight is 136 g/mol. The predicted molar refractivity (Wildman–Crippen MR) is 46.9 cm³/mol. The molecule has 0 saturated heterocycles. The van der Waals surface area contributed by atoms with Gasteiger partial charge in [-0.2, -0.15) is 0 Å². The van der Waals surface area contributed by atoms with E-state index in [0.29, 0.717) is 0 Å². The molecule has 2 bridgehead atoms. The van der Waals surface area contributed by atoms with Crippen LogP contribution in [0.4, 0.5) is 0 Å². The van der Waals surface area contributed by atoms with E-state index in [1.54, 1.807) is 25.7 Å². The van der Waals surface area contributed by atoms with Gasteiger partial charge in [-0.25, -0.2) is 0 Å². The van der Waals surface area contributed by atoms with Crippen LogP contribution in [-0.2, 0) is 0 Å². The summed E-state index contributed by atoms with van der Waals surface area (Å²) < 4.78 is 0. The summed E-state index contributed by atoms with van der Waals surface area (Å²) in [5.74, 6) is 4.33. The molecule has 2 fully saturated rings. The molecule has 0 spiro atoms. The monoisotopic (exact) mass is 136 g/mol. The molecule has 56 valence electrons. The van der Waals surface area contributed by atoms with Crippen molar-refractivity contribution in [1.29, 1.82) is 0 Å². The summed E-state index contributed by atoms with van der Waals surface area (Å²) in [6.45, 7) is 2.40. The molecule has 0 N–H and O–H groups in total. The van der Waals surface area contributed by atoms with Crippen LogP contribution in [0.15, 0.2) is 0 Å². The van der Waals surface area contributed by atoms with Crippen LogP contribution in [0.2, 0.25) is 5.82 Å². The number of hydrogen-bond acceptors (Lipinski definition) is 0. The van der Waals surface area contributed by atoms with Gasteiger partial charge in [0.05, 0.1) is 0 Å². The molecule has 0 heterocycles. The maximum atomic E-state index is 2.40. The number of fused-ring (bicyclic) bond motifs is 2. The summed E-state index contributed by atoms with van der Waals surface area (Å²) >= 11 is 0. The molecular formula is C9H17B. The molecule has 0 aromatic heterocycles. The lowest BCUT2D eigenvalue weighted by Crippen LogP contribution is -2.11. The predicted octanol–water partition coefficient (Wildman–Crippen LogP) is 1.86. The molecule has 0 nitrogen and oxygen atoms in total. The van der Waals surface area contributed by atoms with Gasteiger partial charge in [-0.1, -0.05) is 12.7 Å². The van der Waals surface area contributed by atoms with Crippen molar-refractivity contribution in [3.8, 4) is 0 Å². The Kier molecular flexibility index (Phi) is 1.54. The smallest absolute Gasteiger partial charge is 0.0694 e. The molecule has 0 aromatic carbocycles. The molecule has 1 unspecified atom stereocenters. The summed E-state index contributed by atoms with van der Waals surface area (Å²) in [6, 6.07) is 0. The van der Waals surface area contributed by atoms with Gasteiger partial charge in [0.1, 0.15) is 7.85 Å². The van der Waals surface area contributed by atoms with Gasteiger partial charge in [0.2, 0.25) is 0 Å². The van der Waals surface area contributed by atoms with Gasteiger partial charge in [-0.05, 0) is 43.4 Å². The first-order chi connectivity index (χ1) is 4.79. The van der Waals surface area contributed by atoms with Crippen molar-refractivity contribution >= 4 is 7.85 Å². The SMILES string of the molecule is BC(C)C1C2CCC1CC2. The Bertz CT molecular complexity index is 111. The van der Waals surface area contributed by atoms with Crippen LogP contribution in [0.25, 0.3) is 0 Å². The number of rotatable bonds is 1. The van der Waals surface area contributed by atoms with Crippen LogP contribution in [0.1, 0.15) is 32.6 Å².